The average Bonchev–Trinajstić information content (AvgIpc) is 2.52. The van der Waals surface area contributed by atoms with Crippen LogP contribution < -0.4 is 5.06 Å². The number of hydroxylamine groups is 1. The Hall–Kier alpha value is -2.27. The molecule has 0 amide bonds. The van der Waals surface area contributed by atoms with E-state index in [9.17, 15) is 10.1 Å². The van der Waals surface area contributed by atoms with E-state index in [1.165, 1.54) is 0 Å². The van der Waals surface area contributed by atoms with Crippen molar-refractivity contribution in [3.05, 3.63) is 52.7 Å². The van der Waals surface area contributed by atoms with Crippen LogP contribution >= 0.6 is 0 Å². The lowest BCUT2D eigenvalue weighted by Crippen LogP contribution is -2.36. The molecule has 0 fully saturated rings. The molecular weight excluding hydrogens is 302 g/mol. The van der Waals surface area contributed by atoms with E-state index in [0.717, 1.165) is 21.1 Å². The van der Waals surface area contributed by atoms with Crippen LogP contribution in [0.2, 0.25) is 0 Å². The second-order valence-corrected chi connectivity index (χ2v) is 7.88. The monoisotopic (exact) mass is 327 g/mol. The van der Waals surface area contributed by atoms with Crippen molar-refractivity contribution in [2.45, 2.75) is 52.6 Å². The first-order valence-electron chi connectivity index (χ1n) is 8.01. The molecule has 0 aliphatic heterocycles. The van der Waals surface area contributed by atoms with Gasteiger partial charge in [0.25, 0.3) is 5.69 Å². The lowest BCUT2D eigenvalue weighted by atomic mass is 10.0. The molecule has 5 heteroatoms. The quantitative estimate of drug-likeness (QED) is 0.584. The van der Waals surface area contributed by atoms with Crippen molar-refractivity contribution in [1.29, 1.82) is 0 Å². The van der Waals surface area contributed by atoms with Gasteiger partial charge >= 0.3 is 0 Å². The Morgan fingerprint density at radius 1 is 1.04 bits per heavy atom. The minimum absolute atomic E-state index is 0.450. The first-order valence-corrected chi connectivity index (χ1v) is 8.01. The number of rotatable bonds is 3. The number of aromatic nitrogens is 1. The zero-order valence-corrected chi connectivity index (χ0v) is 15.2. The molecule has 0 spiro atoms. The van der Waals surface area contributed by atoms with Crippen LogP contribution in [0.5, 0.6) is 0 Å². The molecule has 2 aromatic rings. The Labute approximate surface area is 143 Å². The van der Waals surface area contributed by atoms with E-state index in [1.54, 1.807) is 24.4 Å². The van der Waals surface area contributed by atoms with Crippen molar-refractivity contribution < 1.29 is 4.76 Å². The van der Waals surface area contributed by atoms with Gasteiger partial charge in [-0.3, -0.25) is 4.98 Å². The van der Waals surface area contributed by atoms with Crippen LogP contribution in [0.4, 0.5) is 11.4 Å². The Kier molecular flexibility index (Phi) is 4.76. The average molecular weight is 327 g/mol. The van der Waals surface area contributed by atoms with Gasteiger partial charge in [-0.05, 0) is 39.0 Å². The molecule has 0 unspecified atom stereocenters. The van der Waals surface area contributed by atoms with Gasteiger partial charge < -0.3 is 10.3 Å². The molecule has 128 valence electrons. The minimum atomic E-state index is -0.602. The summed E-state index contributed by atoms with van der Waals surface area (Å²) in [6.45, 7) is 11.0. The molecule has 1 aromatic carbocycles. The predicted molar refractivity (Wildman–Crippen MR) is 98.3 cm³/mol. The lowest BCUT2D eigenvalue weighted by molar-refractivity contribution is -0.540. The molecule has 24 heavy (non-hydrogen) atoms. The summed E-state index contributed by atoms with van der Waals surface area (Å²) in [6.07, 6.45) is 1.69. The van der Waals surface area contributed by atoms with E-state index in [2.05, 4.69) is 4.98 Å². The zero-order chi connectivity index (χ0) is 18.1. The fourth-order valence-electron chi connectivity index (χ4n) is 2.29. The highest BCUT2D eigenvalue weighted by Crippen LogP contribution is 2.34. The number of nitroso groups, excluding NO2 is 1. The highest BCUT2D eigenvalue weighted by Gasteiger charge is 2.32. The van der Waals surface area contributed by atoms with Gasteiger partial charge in [-0.15, -0.1) is 0 Å². The maximum atomic E-state index is 12.6. The number of benzene rings is 1. The molecule has 0 aliphatic rings. The fraction of sp³-hybridized carbons (Fsp3) is 0.421. The summed E-state index contributed by atoms with van der Waals surface area (Å²) in [5, 5.41) is 13.6. The molecule has 0 saturated carbocycles. The third kappa shape index (κ3) is 3.97. The zero-order valence-electron chi connectivity index (χ0n) is 15.2. The molecule has 0 N–H and O–H groups in total. The van der Waals surface area contributed by atoms with Gasteiger partial charge in [0.2, 0.25) is 5.54 Å². The third-order valence-electron chi connectivity index (χ3n) is 3.55. The van der Waals surface area contributed by atoms with Crippen LogP contribution in [0.15, 0.2) is 42.6 Å². The maximum absolute atomic E-state index is 12.6. The van der Waals surface area contributed by atoms with E-state index in [0.29, 0.717) is 11.4 Å². The van der Waals surface area contributed by atoms with Gasteiger partial charge in [-0.2, -0.15) is 0 Å². The SMILES string of the molecule is CC(C)(C)N([O-])c1cc(-c2ccccn2)cc([N+](=O)C(C)(C)C)c1. The van der Waals surface area contributed by atoms with E-state index >= 15 is 0 Å². The summed E-state index contributed by atoms with van der Waals surface area (Å²) < 4.78 is 0.930. The van der Waals surface area contributed by atoms with Gasteiger partial charge in [0, 0.05) is 65.6 Å². The molecule has 1 heterocycles. The van der Waals surface area contributed by atoms with Crippen molar-refractivity contribution in [3.63, 3.8) is 0 Å². The third-order valence-corrected chi connectivity index (χ3v) is 3.55. The van der Waals surface area contributed by atoms with Crippen molar-refractivity contribution in [1.82, 2.24) is 4.98 Å². The van der Waals surface area contributed by atoms with Crippen molar-refractivity contribution in [2.75, 3.05) is 5.06 Å². The van der Waals surface area contributed by atoms with E-state index in [-0.39, 0.29) is 0 Å². The molecule has 0 saturated heterocycles. The number of hydrogen-bond donors (Lipinski definition) is 0. The van der Waals surface area contributed by atoms with Gasteiger partial charge in [0.05, 0.1) is 5.69 Å². The summed E-state index contributed by atoms with van der Waals surface area (Å²) >= 11 is 0. The molecule has 5 nitrogen and oxygen atoms in total. The van der Waals surface area contributed by atoms with Crippen molar-refractivity contribution in [2.24, 2.45) is 0 Å². The lowest BCUT2D eigenvalue weighted by Gasteiger charge is -2.43. The Morgan fingerprint density at radius 3 is 2.21 bits per heavy atom. The van der Waals surface area contributed by atoms with Gasteiger partial charge in [-0.1, -0.05) is 6.07 Å². The van der Waals surface area contributed by atoms with Crippen molar-refractivity contribution in [3.8, 4) is 11.3 Å². The minimum Gasteiger partial charge on any atom is -0.758 e. The first-order chi connectivity index (χ1) is 11.0. The van der Waals surface area contributed by atoms with Crippen LogP contribution in [-0.4, -0.2) is 20.8 Å². The van der Waals surface area contributed by atoms with Gasteiger partial charge in [-0.25, -0.2) is 0 Å². The highest BCUT2D eigenvalue weighted by molar-refractivity contribution is 5.70. The number of anilines is 1. The standard InChI is InChI=1S/C19H25N3O2/c1-18(2,3)21(23)15-11-14(17-9-7-8-10-20-17)12-16(13-15)22(24)19(4,5)6/h7-13H,1-6H3. The Bertz CT molecular complexity index is 729. The summed E-state index contributed by atoms with van der Waals surface area (Å²) in [7, 11) is 0. The van der Waals surface area contributed by atoms with Crippen LogP contribution in [0.25, 0.3) is 11.3 Å². The van der Waals surface area contributed by atoms with Crippen LogP contribution in [0, 0.1) is 10.1 Å². The highest BCUT2D eigenvalue weighted by atomic mass is 16.5. The molecule has 0 bridgehead atoms. The molecule has 1 aromatic heterocycles. The number of nitrogens with zero attached hydrogens (tertiary/aromatic N) is 3. The largest absolute Gasteiger partial charge is 0.758 e. The fourth-order valence-corrected chi connectivity index (χ4v) is 2.29. The van der Waals surface area contributed by atoms with E-state index in [4.69, 9.17) is 0 Å². The van der Waals surface area contributed by atoms with Crippen LogP contribution in [-0.2, 0) is 0 Å². The number of pyridine rings is 1. The predicted octanol–water partition coefficient (Wildman–Crippen LogP) is 5.06. The van der Waals surface area contributed by atoms with Crippen molar-refractivity contribution >= 4 is 11.4 Å². The van der Waals surface area contributed by atoms with E-state index < -0.39 is 11.1 Å². The summed E-state index contributed by atoms with van der Waals surface area (Å²) in [5.41, 5.74) is 1.17. The molecule has 2 rings (SSSR count). The molecular formula is C19H25N3O2. The van der Waals surface area contributed by atoms with E-state index in [1.807, 2.05) is 59.7 Å². The topological polar surface area (TPSA) is 59.3 Å². The number of hydrogen-bond acceptors (Lipinski definition) is 4. The molecule has 0 aliphatic carbocycles. The summed E-state index contributed by atoms with van der Waals surface area (Å²) in [5.74, 6) is 0. The first kappa shape index (κ1) is 18.1. The molecule has 0 radical (unpaired) electrons. The summed E-state index contributed by atoms with van der Waals surface area (Å²) in [4.78, 5) is 17.0. The van der Waals surface area contributed by atoms with Crippen LogP contribution in [0.1, 0.15) is 41.5 Å². The second kappa shape index (κ2) is 6.32. The van der Waals surface area contributed by atoms with Gasteiger partial charge in [0.1, 0.15) is 0 Å². The molecule has 0 atom stereocenters. The maximum Gasteiger partial charge on any atom is 0.259 e. The second-order valence-electron chi connectivity index (χ2n) is 7.88. The Morgan fingerprint density at radius 2 is 1.71 bits per heavy atom. The van der Waals surface area contributed by atoms with Crippen LogP contribution in [0.3, 0.4) is 0 Å². The smallest absolute Gasteiger partial charge is 0.259 e. The normalized spacial score (nSPS) is 12.1. The van der Waals surface area contributed by atoms with Gasteiger partial charge in [0.15, 0.2) is 0 Å². The summed E-state index contributed by atoms with van der Waals surface area (Å²) in [6, 6.07) is 10.8. The Balaban J connectivity index is 2.62.